The van der Waals surface area contributed by atoms with Crippen molar-refractivity contribution in [2.75, 3.05) is 0 Å². The first-order valence-electron chi connectivity index (χ1n) is 11.1. The molecule has 3 heterocycles. The summed E-state index contributed by atoms with van der Waals surface area (Å²) < 4.78 is 0. The van der Waals surface area contributed by atoms with Gasteiger partial charge >= 0.3 is 0 Å². The van der Waals surface area contributed by atoms with E-state index in [-0.39, 0.29) is 5.41 Å². The van der Waals surface area contributed by atoms with Crippen LogP contribution in [0.15, 0.2) is 61.1 Å². The lowest BCUT2D eigenvalue weighted by molar-refractivity contribution is 0.496. The van der Waals surface area contributed by atoms with Gasteiger partial charge in [-0.3, -0.25) is 15.0 Å². The Bertz CT molecular complexity index is 932. The van der Waals surface area contributed by atoms with Crippen molar-refractivity contribution in [1.82, 2.24) is 15.0 Å². The summed E-state index contributed by atoms with van der Waals surface area (Å²) in [5.74, 6) is 1.16. The van der Waals surface area contributed by atoms with Crippen LogP contribution in [-0.4, -0.2) is 15.0 Å². The lowest BCUT2D eigenvalue weighted by Crippen LogP contribution is -2.23. The lowest BCUT2D eigenvalue weighted by Gasteiger charge is -2.25. The maximum absolute atomic E-state index is 5.04. The largest absolute Gasteiger partial charge is 0.264 e. The van der Waals surface area contributed by atoms with E-state index in [1.165, 1.54) is 16.8 Å². The number of pyridine rings is 3. The number of hydrogen-bond donors (Lipinski definition) is 0. The Kier molecular flexibility index (Phi) is 7.36. The quantitative estimate of drug-likeness (QED) is 0.440. The predicted molar refractivity (Wildman–Crippen MR) is 125 cm³/mol. The molecule has 0 saturated heterocycles. The molecule has 3 aromatic rings. The molecule has 3 nitrogen and oxygen atoms in total. The van der Waals surface area contributed by atoms with Gasteiger partial charge < -0.3 is 0 Å². The van der Waals surface area contributed by atoms with Crippen LogP contribution < -0.4 is 0 Å². The zero-order valence-electron chi connectivity index (χ0n) is 19.1. The van der Waals surface area contributed by atoms with E-state index in [0.29, 0.717) is 11.8 Å². The number of aromatic nitrogens is 3. The van der Waals surface area contributed by atoms with Gasteiger partial charge in [0.1, 0.15) is 0 Å². The highest BCUT2D eigenvalue weighted by molar-refractivity contribution is 5.23. The normalized spacial score (nSPS) is 12.9. The maximum Gasteiger partial charge on any atom is 0.0466 e. The van der Waals surface area contributed by atoms with Crippen LogP contribution in [0.25, 0.3) is 0 Å². The van der Waals surface area contributed by atoms with Crippen molar-refractivity contribution >= 4 is 0 Å². The van der Waals surface area contributed by atoms with E-state index in [0.717, 1.165) is 37.1 Å². The van der Waals surface area contributed by atoms with E-state index in [2.05, 4.69) is 81.0 Å². The average Bonchev–Trinajstić information content (AvgIpc) is 2.68. The molecule has 0 spiro atoms. The van der Waals surface area contributed by atoms with E-state index in [9.17, 15) is 0 Å². The highest BCUT2D eigenvalue weighted by Gasteiger charge is 2.23. The minimum Gasteiger partial charge on any atom is -0.264 e. The van der Waals surface area contributed by atoms with Gasteiger partial charge in [-0.2, -0.15) is 0 Å². The summed E-state index contributed by atoms with van der Waals surface area (Å²) in [5, 5.41) is 0. The Hall–Kier alpha value is -2.55. The zero-order chi connectivity index (χ0) is 21.6. The van der Waals surface area contributed by atoms with Crippen LogP contribution >= 0.6 is 0 Å². The number of rotatable bonds is 9. The minimum atomic E-state index is -0.0327. The molecule has 0 aliphatic rings. The average molecular weight is 402 g/mol. The molecule has 3 aromatic heterocycles. The molecule has 0 saturated carbocycles. The molecular weight excluding hydrogens is 366 g/mol. The summed E-state index contributed by atoms with van der Waals surface area (Å²) in [7, 11) is 0. The topological polar surface area (TPSA) is 38.7 Å². The van der Waals surface area contributed by atoms with E-state index in [1.807, 2.05) is 24.7 Å². The molecule has 0 aromatic carbocycles. The third kappa shape index (κ3) is 6.48. The third-order valence-corrected chi connectivity index (χ3v) is 5.51. The van der Waals surface area contributed by atoms with Crippen LogP contribution in [0.2, 0.25) is 0 Å². The van der Waals surface area contributed by atoms with E-state index in [1.54, 1.807) is 0 Å². The van der Waals surface area contributed by atoms with E-state index in [4.69, 9.17) is 4.98 Å². The molecule has 1 unspecified atom stereocenters. The molecule has 1 atom stereocenters. The molecule has 0 fully saturated rings. The van der Waals surface area contributed by atoms with Crippen LogP contribution in [0.1, 0.15) is 62.8 Å². The van der Waals surface area contributed by atoms with Crippen molar-refractivity contribution in [3.8, 4) is 0 Å². The second kappa shape index (κ2) is 9.97. The molecule has 30 heavy (non-hydrogen) atoms. The lowest BCUT2D eigenvalue weighted by atomic mass is 9.82. The Morgan fingerprint density at radius 2 is 1.63 bits per heavy atom. The van der Waals surface area contributed by atoms with Crippen molar-refractivity contribution in [3.05, 3.63) is 89.3 Å². The fraction of sp³-hybridized carbons (Fsp3) is 0.444. The molecule has 0 amide bonds. The number of hydrogen-bond acceptors (Lipinski definition) is 3. The van der Waals surface area contributed by atoms with Crippen LogP contribution in [-0.2, 0) is 31.1 Å². The van der Waals surface area contributed by atoms with Gasteiger partial charge in [-0.05, 0) is 79.0 Å². The van der Waals surface area contributed by atoms with Gasteiger partial charge in [0.15, 0.2) is 0 Å². The fourth-order valence-electron chi connectivity index (χ4n) is 4.10. The summed E-state index contributed by atoms with van der Waals surface area (Å²) in [6, 6.07) is 15.0. The van der Waals surface area contributed by atoms with Gasteiger partial charge in [-0.15, -0.1) is 0 Å². The summed E-state index contributed by atoms with van der Waals surface area (Å²) in [6.07, 6.45) is 9.72. The first-order chi connectivity index (χ1) is 14.3. The van der Waals surface area contributed by atoms with Crippen molar-refractivity contribution < 1.29 is 0 Å². The molecule has 158 valence electrons. The molecule has 0 bridgehead atoms. The zero-order valence-corrected chi connectivity index (χ0v) is 19.1. The molecular formula is C27H35N3. The van der Waals surface area contributed by atoms with Crippen LogP contribution in [0, 0.1) is 11.8 Å². The Labute approximate surface area is 182 Å². The van der Waals surface area contributed by atoms with Gasteiger partial charge in [0, 0.05) is 41.1 Å². The van der Waals surface area contributed by atoms with Crippen molar-refractivity contribution in [3.63, 3.8) is 0 Å². The molecule has 3 heteroatoms. The van der Waals surface area contributed by atoms with Gasteiger partial charge in [-0.25, -0.2) is 0 Å². The Morgan fingerprint density at radius 3 is 2.37 bits per heavy atom. The fourth-order valence-corrected chi connectivity index (χ4v) is 4.10. The summed E-state index contributed by atoms with van der Waals surface area (Å²) >= 11 is 0. The summed E-state index contributed by atoms with van der Waals surface area (Å²) in [6.45, 7) is 11.3. The standard InChI is InChI=1S/C27H35N3/c1-20(2)14-22-11-13-29-25(17-22)16-21(3)15-24-9-6-10-26(30-24)27(4,5)18-23-8-7-12-28-19-23/h6-13,17,19-21H,14-16,18H2,1-5H3. The van der Waals surface area contributed by atoms with Crippen LogP contribution in [0.5, 0.6) is 0 Å². The molecule has 0 N–H and O–H groups in total. The highest BCUT2D eigenvalue weighted by atomic mass is 14.7. The Morgan fingerprint density at radius 1 is 0.833 bits per heavy atom. The monoisotopic (exact) mass is 401 g/mol. The van der Waals surface area contributed by atoms with Gasteiger partial charge in [0.2, 0.25) is 0 Å². The van der Waals surface area contributed by atoms with Crippen molar-refractivity contribution in [2.45, 2.75) is 65.7 Å². The van der Waals surface area contributed by atoms with Crippen LogP contribution in [0.4, 0.5) is 0 Å². The SMILES string of the molecule is CC(C)Cc1ccnc(CC(C)Cc2cccc(C(C)(C)Cc3cccnc3)n2)c1. The van der Waals surface area contributed by atoms with Gasteiger partial charge in [0.05, 0.1) is 0 Å². The van der Waals surface area contributed by atoms with Gasteiger partial charge in [0.25, 0.3) is 0 Å². The minimum absolute atomic E-state index is 0.0327. The summed E-state index contributed by atoms with van der Waals surface area (Å²) in [4.78, 5) is 13.9. The first-order valence-corrected chi connectivity index (χ1v) is 11.1. The van der Waals surface area contributed by atoms with Crippen molar-refractivity contribution in [1.29, 1.82) is 0 Å². The van der Waals surface area contributed by atoms with Crippen LogP contribution in [0.3, 0.4) is 0 Å². The highest BCUT2D eigenvalue weighted by Crippen LogP contribution is 2.26. The Balaban J connectivity index is 1.66. The maximum atomic E-state index is 5.04. The molecule has 0 aliphatic heterocycles. The second-order valence-electron chi connectivity index (χ2n) is 9.70. The second-order valence-corrected chi connectivity index (χ2v) is 9.70. The first kappa shape index (κ1) is 22.1. The molecule has 0 aliphatic carbocycles. The summed E-state index contributed by atoms with van der Waals surface area (Å²) in [5.41, 5.74) is 6.10. The van der Waals surface area contributed by atoms with E-state index >= 15 is 0 Å². The molecule has 0 radical (unpaired) electrons. The third-order valence-electron chi connectivity index (χ3n) is 5.51. The molecule has 3 rings (SSSR count). The number of nitrogens with zero attached hydrogens (tertiary/aromatic N) is 3. The van der Waals surface area contributed by atoms with Crippen molar-refractivity contribution in [2.24, 2.45) is 11.8 Å². The van der Waals surface area contributed by atoms with Gasteiger partial charge in [-0.1, -0.05) is 46.8 Å². The smallest absolute Gasteiger partial charge is 0.0466 e. The predicted octanol–water partition coefficient (Wildman–Crippen LogP) is 6.01. The van der Waals surface area contributed by atoms with E-state index < -0.39 is 0 Å².